The Kier molecular flexibility index (Phi) is 19.9. The fraction of sp³-hybridized carbons (Fsp3) is 0.625. The zero-order chi connectivity index (χ0) is 26.0. The third kappa shape index (κ3) is 38.0. The van der Waals surface area contributed by atoms with E-state index in [-0.39, 0.29) is 6.61 Å². The molecule has 7 N–H and O–H groups in total. The van der Waals surface area contributed by atoms with Gasteiger partial charge in [0.25, 0.3) is 5.97 Å². The van der Waals surface area contributed by atoms with Crippen LogP contribution in [0, 0.1) is 0 Å². The first-order valence-corrected chi connectivity index (χ1v) is 8.12. The number of carbonyl (C=O) groups is 6. The maximum absolute atomic E-state index is 10.2. The SMILES string of the molecule is CC(=O)O.C[N+](C)(C)CCO.O=C(O)CC(=O)O.O=C(O)CC(O)(CC(=O)O)C(=O)[O-]. The number of aliphatic hydroxyl groups excluding tert-OH is 1. The smallest absolute Gasteiger partial charge is 0.314 e. The number of rotatable bonds is 9. The normalized spacial score (nSPS) is 9.87. The molecule has 0 atom stereocenters. The molecule has 0 saturated carbocycles. The van der Waals surface area contributed by atoms with E-state index in [1.165, 1.54) is 0 Å². The zero-order valence-electron chi connectivity index (χ0n) is 17.5. The van der Waals surface area contributed by atoms with Gasteiger partial charge in [0.1, 0.15) is 18.6 Å². The fourth-order valence-electron chi connectivity index (χ4n) is 1.14. The molecule has 0 saturated heterocycles. The van der Waals surface area contributed by atoms with E-state index in [0.29, 0.717) is 0 Å². The van der Waals surface area contributed by atoms with Crippen molar-refractivity contribution in [2.24, 2.45) is 0 Å². The van der Waals surface area contributed by atoms with Crippen LogP contribution in [0.1, 0.15) is 26.2 Å². The van der Waals surface area contributed by atoms with Crippen molar-refractivity contribution in [3.05, 3.63) is 0 Å². The molecule has 0 aliphatic carbocycles. The van der Waals surface area contributed by atoms with Gasteiger partial charge >= 0.3 is 23.9 Å². The number of carboxylic acid groups (broad SMARTS) is 6. The molecule has 0 radical (unpaired) electrons. The quantitative estimate of drug-likeness (QED) is 0.132. The number of likely N-dealkylation sites (N-methyl/N-ethyl adjacent to an activating group) is 1. The molecule has 0 spiro atoms. The Balaban J connectivity index is -0.000000172. The Bertz CT molecular complexity index is 576. The maximum atomic E-state index is 10.2. The van der Waals surface area contributed by atoms with Gasteiger partial charge in [-0.15, -0.1) is 0 Å². The topological polar surface area (TPSA) is 267 Å². The first-order chi connectivity index (χ1) is 13.7. The Morgan fingerprint density at radius 2 is 1.06 bits per heavy atom. The average molecular weight is 459 g/mol. The summed E-state index contributed by atoms with van der Waals surface area (Å²) >= 11 is 0. The van der Waals surface area contributed by atoms with Crippen LogP contribution in [0.5, 0.6) is 0 Å². The molecule has 0 aromatic rings. The Hall–Kier alpha value is -3.30. The summed E-state index contributed by atoms with van der Waals surface area (Å²) in [6.07, 6.45) is -3.22. The van der Waals surface area contributed by atoms with Crippen molar-refractivity contribution in [2.75, 3.05) is 34.3 Å². The second-order valence-electron chi connectivity index (χ2n) is 6.68. The van der Waals surface area contributed by atoms with E-state index >= 15 is 0 Å². The number of carbonyl (C=O) groups excluding carboxylic acids is 1. The van der Waals surface area contributed by atoms with Gasteiger partial charge in [0.15, 0.2) is 0 Å². The van der Waals surface area contributed by atoms with Gasteiger partial charge in [0, 0.05) is 6.92 Å². The molecular weight excluding hydrogens is 430 g/mol. The summed E-state index contributed by atoms with van der Waals surface area (Å²) in [5, 5.41) is 66.8. The van der Waals surface area contributed by atoms with Crippen molar-refractivity contribution < 1.29 is 74.1 Å². The highest BCUT2D eigenvalue weighted by Gasteiger charge is 2.34. The molecule has 0 aromatic carbocycles. The molecule has 0 aliphatic rings. The van der Waals surface area contributed by atoms with Crippen LogP contribution >= 0.6 is 0 Å². The van der Waals surface area contributed by atoms with E-state index in [0.717, 1.165) is 18.0 Å². The van der Waals surface area contributed by atoms with Gasteiger partial charge in [-0.2, -0.15) is 0 Å². The molecule has 15 nitrogen and oxygen atoms in total. The highest BCUT2D eigenvalue weighted by Crippen LogP contribution is 2.14. The molecule has 0 fully saturated rings. The van der Waals surface area contributed by atoms with Crippen LogP contribution in [-0.4, -0.2) is 116 Å². The van der Waals surface area contributed by atoms with Gasteiger partial charge in [0.2, 0.25) is 0 Å². The minimum Gasteiger partial charge on any atom is -0.547 e. The minimum absolute atomic E-state index is 0.281. The Morgan fingerprint density at radius 1 is 0.774 bits per heavy atom. The number of nitrogens with zero attached hydrogens (tertiary/aromatic N) is 1. The molecular formula is C16H29NO14. The highest BCUT2D eigenvalue weighted by molar-refractivity contribution is 5.89. The predicted octanol–water partition coefficient (Wildman–Crippen LogP) is -3.26. The number of aliphatic hydroxyl groups is 2. The lowest BCUT2D eigenvalue weighted by atomic mass is 9.96. The van der Waals surface area contributed by atoms with E-state index in [1.54, 1.807) is 0 Å². The molecule has 31 heavy (non-hydrogen) atoms. The van der Waals surface area contributed by atoms with Gasteiger partial charge < -0.3 is 50.1 Å². The number of quaternary nitrogens is 1. The van der Waals surface area contributed by atoms with Crippen LogP contribution < -0.4 is 5.11 Å². The van der Waals surface area contributed by atoms with Crippen LogP contribution in [0.15, 0.2) is 0 Å². The number of hydrogen-bond donors (Lipinski definition) is 7. The van der Waals surface area contributed by atoms with E-state index in [2.05, 4.69) is 21.1 Å². The molecule has 0 rings (SSSR count). The summed E-state index contributed by atoms with van der Waals surface area (Å²) in [5.41, 5.74) is -2.85. The van der Waals surface area contributed by atoms with Gasteiger partial charge in [-0.25, -0.2) is 0 Å². The molecule has 0 amide bonds. The van der Waals surface area contributed by atoms with E-state index in [1.807, 2.05) is 0 Å². The summed E-state index contributed by atoms with van der Waals surface area (Å²) in [6, 6.07) is 0. The summed E-state index contributed by atoms with van der Waals surface area (Å²) < 4.78 is 0.844. The zero-order valence-corrected chi connectivity index (χ0v) is 17.5. The molecule has 0 heterocycles. The lowest BCUT2D eigenvalue weighted by molar-refractivity contribution is -0.870. The third-order valence-electron chi connectivity index (χ3n) is 2.34. The van der Waals surface area contributed by atoms with Gasteiger partial charge in [-0.1, -0.05) is 0 Å². The fourth-order valence-corrected chi connectivity index (χ4v) is 1.14. The first kappa shape index (κ1) is 35.2. The predicted molar refractivity (Wildman–Crippen MR) is 97.6 cm³/mol. The maximum Gasteiger partial charge on any atom is 0.314 e. The average Bonchev–Trinajstić information content (AvgIpc) is 2.42. The van der Waals surface area contributed by atoms with Crippen LogP contribution in [0.2, 0.25) is 0 Å². The first-order valence-electron chi connectivity index (χ1n) is 8.12. The largest absolute Gasteiger partial charge is 0.547 e. The summed E-state index contributed by atoms with van der Waals surface area (Å²) in [7, 11) is 6.16. The van der Waals surface area contributed by atoms with E-state index in [9.17, 15) is 29.1 Å². The molecule has 15 heteroatoms. The van der Waals surface area contributed by atoms with Crippen LogP contribution in [0.4, 0.5) is 0 Å². The van der Waals surface area contributed by atoms with Crippen LogP contribution in [-0.2, 0) is 28.8 Å². The van der Waals surface area contributed by atoms with E-state index < -0.39 is 60.7 Å². The lowest BCUT2D eigenvalue weighted by Crippen LogP contribution is -2.51. The minimum atomic E-state index is -2.85. The van der Waals surface area contributed by atoms with Crippen molar-refractivity contribution in [1.29, 1.82) is 0 Å². The van der Waals surface area contributed by atoms with Crippen molar-refractivity contribution in [3.63, 3.8) is 0 Å². The van der Waals surface area contributed by atoms with Crippen molar-refractivity contribution in [3.8, 4) is 0 Å². The highest BCUT2D eigenvalue weighted by atomic mass is 16.4. The number of carboxylic acids is 6. The Morgan fingerprint density at radius 3 is 1.13 bits per heavy atom. The summed E-state index contributed by atoms with van der Waals surface area (Å²) in [4.78, 5) is 58.2. The summed E-state index contributed by atoms with van der Waals surface area (Å²) in [5.74, 6) is -8.81. The van der Waals surface area contributed by atoms with Gasteiger partial charge in [0.05, 0.1) is 46.6 Å². The monoisotopic (exact) mass is 459 g/mol. The standard InChI is InChI=1S/C6H8O7.C5H14NO.C3H4O4.C2H4O2/c7-3(8)1-6(13,5(11)12)2-4(9)10;1-6(2,3)4-5-7;4-2(5)1-3(6)7;1-2(3)4/h13H,1-2H2,(H,7,8)(H,9,10)(H,11,12);7H,4-5H2,1-3H3;1H2,(H,4,5)(H,6,7);1H3,(H,3,4)/q;+1;;/p-1. The summed E-state index contributed by atoms with van der Waals surface area (Å²) in [6.45, 7) is 2.20. The second-order valence-corrected chi connectivity index (χ2v) is 6.68. The Labute approximate surface area is 177 Å². The molecule has 0 unspecified atom stereocenters. The molecule has 0 bridgehead atoms. The third-order valence-corrected chi connectivity index (χ3v) is 2.34. The van der Waals surface area contributed by atoms with Gasteiger partial charge in [-0.3, -0.25) is 24.0 Å². The molecule has 0 aromatic heterocycles. The van der Waals surface area contributed by atoms with Crippen molar-refractivity contribution in [2.45, 2.75) is 31.8 Å². The lowest BCUT2D eigenvalue weighted by Gasteiger charge is -2.25. The van der Waals surface area contributed by atoms with E-state index in [4.69, 9.17) is 40.5 Å². The number of hydrogen-bond acceptors (Lipinski definition) is 9. The van der Waals surface area contributed by atoms with Crippen molar-refractivity contribution in [1.82, 2.24) is 0 Å². The van der Waals surface area contributed by atoms with Crippen LogP contribution in [0.3, 0.4) is 0 Å². The van der Waals surface area contributed by atoms with Crippen molar-refractivity contribution >= 4 is 35.8 Å². The molecule has 182 valence electrons. The molecule has 0 aliphatic heterocycles. The number of aliphatic carboxylic acids is 6. The van der Waals surface area contributed by atoms with Gasteiger partial charge in [-0.05, 0) is 0 Å². The second kappa shape index (κ2) is 17.5. The van der Waals surface area contributed by atoms with Crippen LogP contribution in [0.25, 0.3) is 0 Å².